The summed E-state index contributed by atoms with van der Waals surface area (Å²) in [5.74, 6) is 1.14. The number of aliphatic carboxylic acids is 1. The predicted molar refractivity (Wildman–Crippen MR) is 69.3 cm³/mol. The number of carboxylic acid groups (broad SMARTS) is 1. The van der Waals surface area contributed by atoms with Crippen molar-refractivity contribution in [3.63, 3.8) is 0 Å². The van der Waals surface area contributed by atoms with Gasteiger partial charge < -0.3 is 15.3 Å². The zero-order chi connectivity index (χ0) is 14.3. The third-order valence-corrected chi connectivity index (χ3v) is 2.42. The minimum Gasteiger partial charge on any atom is -0.480 e. The fourth-order valence-corrected chi connectivity index (χ4v) is 1.45. The van der Waals surface area contributed by atoms with Crippen molar-refractivity contribution in [3.05, 3.63) is 29.6 Å². The molecule has 0 aliphatic heterocycles. The number of nitrogens with zero attached hydrogens (tertiary/aromatic N) is 2. The number of urea groups is 1. The summed E-state index contributed by atoms with van der Waals surface area (Å²) >= 11 is 0. The molecule has 0 fully saturated rings. The topological polar surface area (TPSA) is 82.5 Å². The van der Waals surface area contributed by atoms with E-state index in [2.05, 4.69) is 16.2 Å². The molecule has 0 aliphatic rings. The molecular formula is C13H15N3O3. The summed E-state index contributed by atoms with van der Waals surface area (Å²) < 4.78 is 0. The van der Waals surface area contributed by atoms with E-state index in [9.17, 15) is 9.59 Å². The van der Waals surface area contributed by atoms with Gasteiger partial charge in [0, 0.05) is 6.20 Å². The third kappa shape index (κ3) is 4.68. The second kappa shape index (κ2) is 7.01. The highest BCUT2D eigenvalue weighted by Gasteiger charge is 2.15. The molecule has 1 aromatic heterocycles. The van der Waals surface area contributed by atoms with Crippen LogP contribution >= 0.6 is 0 Å². The first kappa shape index (κ1) is 14.5. The monoisotopic (exact) mass is 261 g/mol. The maximum Gasteiger partial charge on any atom is 0.323 e. The third-order valence-electron chi connectivity index (χ3n) is 2.42. The lowest BCUT2D eigenvalue weighted by Crippen LogP contribution is -2.42. The van der Waals surface area contributed by atoms with Gasteiger partial charge in [0.2, 0.25) is 0 Å². The Morgan fingerprint density at radius 2 is 2.32 bits per heavy atom. The maximum atomic E-state index is 11.8. The smallest absolute Gasteiger partial charge is 0.323 e. The highest BCUT2D eigenvalue weighted by Crippen LogP contribution is 2.02. The second-order valence-corrected chi connectivity index (χ2v) is 3.88. The Morgan fingerprint density at radius 1 is 1.58 bits per heavy atom. The lowest BCUT2D eigenvalue weighted by molar-refractivity contribution is -0.137. The van der Waals surface area contributed by atoms with Crippen LogP contribution in [0.15, 0.2) is 18.3 Å². The molecule has 6 nitrogen and oxygen atoms in total. The van der Waals surface area contributed by atoms with Gasteiger partial charge in [0.25, 0.3) is 0 Å². The minimum atomic E-state index is -1.11. The molecule has 2 amide bonds. The van der Waals surface area contributed by atoms with Crippen LogP contribution < -0.4 is 5.32 Å². The summed E-state index contributed by atoms with van der Waals surface area (Å²) in [6.07, 6.45) is 6.73. The Bertz CT molecular complexity index is 508. The van der Waals surface area contributed by atoms with Crippen molar-refractivity contribution < 1.29 is 14.7 Å². The number of carbonyl (C=O) groups is 2. The highest BCUT2D eigenvalue weighted by molar-refractivity contribution is 5.80. The van der Waals surface area contributed by atoms with Crippen LogP contribution in [-0.4, -0.2) is 40.1 Å². The van der Waals surface area contributed by atoms with Crippen LogP contribution in [0.4, 0.5) is 4.79 Å². The summed E-state index contributed by atoms with van der Waals surface area (Å²) in [5, 5.41) is 11.3. The van der Waals surface area contributed by atoms with E-state index in [0.717, 1.165) is 16.2 Å². The van der Waals surface area contributed by atoms with Crippen molar-refractivity contribution in [2.75, 3.05) is 13.1 Å². The maximum absolute atomic E-state index is 11.8. The van der Waals surface area contributed by atoms with Gasteiger partial charge in [-0.3, -0.25) is 9.78 Å². The Balaban J connectivity index is 2.60. The summed E-state index contributed by atoms with van der Waals surface area (Å²) in [7, 11) is 0. The van der Waals surface area contributed by atoms with Crippen molar-refractivity contribution in [2.45, 2.75) is 13.5 Å². The van der Waals surface area contributed by atoms with Crippen molar-refractivity contribution in [2.24, 2.45) is 0 Å². The van der Waals surface area contributed by atoms with Crippen LogP contribution in [0.3, 0.4) is 0 Å². The number of aryl methyl sites for hydroxylation is 1. The molecule has 0 saturated carbocycles. The SMILES string of the molecule is C#CCN(CC(=O)O)C(=O)NCc1ncccc1C. The lowest BCUT2D eigenvalue weighted by atomic mass is 10.2. The van der Waals surface area contributed by atoms with Crippen LogP contribution in [0.5, 0.6) is 0 Å². The largest absolute Gasteiger partial charge is 0.480 e. The highest BCUT2D eigenvalue weighted by atomic mass is 16.4. The van der Waals surface area contributed by atoms with Gasteiger partial charge in [0.05, 0.1) is 18.8 Å². The molecule has 0 aromatic carbocycles. The molecule has 0 radical (unpaired) electrons. The Hall–Kier alpha value is -2.55. The summed E-state index contributed by atoms with van der Waals surface area (Å²) in [6, 6.07) is 3.16. The molecule has 19 heavy (non-hydrogen) atoms. The number of amides is 2. The minimum absolute atomic E-state index is 0.0562. The van der Waals surface area contributed by atoms with Crippen LogP contribution in [0.2, 0.25) is 0 Å². The number of terminal acetylenes is 1. The van der Waals surface area contributed by atoms with Crippen LogP contribution in [0.1, 0.15) is 11.3 Å². The Kier molecular flexibility index (Phi) is 5.35. The normalized spacial score (nSPS) is 9.47. The zero-order valence-electron chi connectivity index (χ0n) is 10.6. The molecule has 0 atom stereocenters. The summed E-state index contributed by atoms with van der Waals surface area (Å²) in [6.45, 7) is 1.62. The lowest BCUT2D eigenvalue weighted by Gasteiger charge is -2.18. The molecule has 0 aliphatic carbocycles. The zero-order valence-corrected chi connectivity index (χ0v) is 10.6. The quantitative estimate of drug-likeness (QED) is 0.761. The molecule has 1 aromatic rings. The number of pyridine rings is 1. The molecule has 2 N–H and O–H groups in total. The van der Waals surface area contributed by atoms with E-state index >= 15 is 0 Å². The fourth-order valence-electron chi connectivity index (χ4n) is 1.45. The number of aromatic nitrogens is 1. The van der Waals surface area contributed by atoms with Gasteiger partial charge >= 0.3 is 12.0 Å². The standard InChI is InChI=1S/C13H15N3O3/c1-3-7-16(9-12(17)18)13(19)15-8-11-10(2)5-4-6-14-11/h1,4-6H,7-9H2,2H3,(H,15,19)(H,17,18). The number of nitrogens with one attached hydrogen (secondary N) is 1. The van der Waals surface area contributed by atoms with Gasteiger partial charge in [-0.25, -0.2) is 4.79 Å². The molecule has 1 heterocycles. The fraction of sp³-hybridized carbons (Fsp3) is 0.308. The van der Waals surface area contributed by atoms with E-state index in [0.29, 0.717) is 0 Å². The molecular weight excluding hydrogens is 246 g/mol. The molecule has 6 heteroatoms. The van der Waals surface area contributed by atoms with Gasteiger partial charge in [-0.1, -0.05) is 12.0 Å². The Morgan fingerprint density at radius 3 is 2.89 bits per heavy atom. The number of carbonyl (C=O) groups excluding carboxylic acids is 1. The number of rotatable bonds is 5. The van der Waals surface area contributed by atoms with Crippen molar-refractivity contribution in [1.29, 1.82) is 0 Å². The molecule has 0 unspecified atom stereocenters. The molecule has 0 saturated heterocycles. The number of hydrogen-bond donors (Lipinski definition) is 2. The Labute approximate surface area is 111 Å². The van der Waals surface area contributed by atoms with Gasteiger partial charge in [-0.15, -0.1) is 6.42 Å². The van der Waals surface area contributed by atoms with Crippen LogP contribution in [0.25, 0.3) is 0 Å². The first-order chi connectivity index (χ1) is 9.04. The average Bonchev–Trinajstić information content (AvgIpc) is 2.36. The molecule has 1 rings (SSSR count). The molecule has 0 spiro atoms. The molecule has 100 valence electrons. The van der Waals surface area contributed by atoms with E-state index in [1.165, 1.54) is 0 Å². The van der Waals surface area contributed by atoms with Gasteiger partial charge in [-0.05, 0) is 18.6 Å². The number of hydrogen-bond acceptors (Lipinski definition) is 3. The predicted octanol–water partition coefficient (Wildman–Crippen LogP) is 0.619. The molecule has 0 bridgehead atoms. The first-order valence-corrected chi connectivity index (χ1v) is 5.63. The van der Waals surface area contributed by atoms with Crippen molar-refractivity contribution in [3.8, 4) is 12.3 Å². The van der Waals surface area contributed by atoms with E-state index < -0.39 is 18.5 Å². The van der Waals surface area contributed by atoms with Crippen molar-refractivity contribution >= 4 is 12.0 Å². The summed E-state index contributed by atoms with van der Waals surface area (Å²) in [5.41, 5.74) is 1.68. The van der Waals surface area contributed by atoms with Crippen molar-refractivity contribution in [1.82, 2.24) is 15.2 Å². The van der Waals surface area contributed by atoms with Crippen LogP contribution in [-0.2, 0) is 11.3 Å². The van der Waals surface area contributed by atoms with E-state index in [4.69, 9.17) is 11.5 Å². The van der Waals surface area contributed by atoms with Crippen LogP contribution in [0, 0.1) is 19.3 Å². The second-order valence-electron chi connectivity index (χ2n) is 3.88. The van der Waals surface area contributed by atoms with E-state index in [1.54, 1.807) is 12.3 Å². The van der Waals surface area contributed by atoms with Gasteiger partial charge in [0.15, 0.2) is 0 Å². The first-order valence-electron chi connectivity index (χ1n) is 5.63. The van der Waals surface area contributed by atoms with E-state index in [1.807, 2.05) is 13.0 Å². The average molecular weight is 261 g/mol. The van der Waals surface area contributed by atoms with Gasteiger partial charge in [-0.2, -0.15) is 0 Å². The van der Waals surface area contributed by atoms with E-state index in [-0.39, 0.29) is 13.1 Å². The summed E-state index contributed by atoms with van der Waals surface area (Å²) in [4.78, 5) is 27.6. The van der Waals surface area contributed by atoms with Gasteiger partial charge in [0.1, 0.15) is 6.54 Å². The number of carboxylic acids is 1.